The van der Waals surface area contributed by atoms with Gasteiger partial charge in [0.1, 0.15) is 12.4 Å². The molecule has 0 fully saturated rings. The second-order valence-corrected chi connectivity index (χ2v) is 6.27. The summed E-state index contributed by atoms with van der Waals surface area (Å²) in [6.45, 7) is 0.333. The van der Waals surface area contributed by atoms with Gasteiger partial charge in [-0.2, -0.15) is 0 Å². The van der Waals surface area contributed by atoms with E-state index in [2.05, 4.69) is 15.1 Å². The Labute approximate surface area is 162 Å². The molecule has 1 heterocycles. The normalized spacial score (nSPS) is 13.3. The fourth-order valence-corrected chi connectivity index (χ4v) is 2.74. The van der Waals surface area contributed by atoms with Crippen LogP contribution in [0.5, 0.6) is 5.75 Å². The van der Waals surface area contributed by atoms with Gasteiger partial charge >= 0.3 is 0 Å². The van der Waals surface area contributed by atoms with E-state index in [1.165, 1.54) is 36.2 Å². The lowest BCUT2D eigenvalue weighted by Gasteiger charge is -2.11. The highest BCUT2D eigenvalue weighted by molar-refractivity contribution is 7.98. The van der Waals surface area contributed by atoms with Crippen LogP contribution in [-0.2, 0) is 6.61 Å². The number of benzene rings is 2. The summed E-state index contributed by atoms with van der Waals surface area (Å²) >= 11 is 1.24. The van der Waals surface area contributed by atoms with Crippen LogP contribution in [0.1, 0.15) is 29.0 Å². The smallest absolute Gasteiger partial charge is 0.197 e. The maximum atomic E-state index is 12.9. The lowest BCUT2D eigenvalue weighted by atomic mass is 10.0. The molecule has 0 aliphatic rings. The molecule has 3 aromatic rings. The van der Waals surface area contributed by atoms with Gasteiger partial charge in [-0.15, -0.1) is 4.91 Å². The average molecular weight is 380 g/mol. The first kappa shape index (κ1) is 17.4. The van der Waals surface area contributed by atoms with Crippen molar-refractivity contribution in [1.29, 1.82) is 0 Å². The molecule has 2 aromatic carbocycles. The van der Waals surface area contributed by atoms with Crippen molar-refractivity contribution >= 4 is 17.5 Å². The molecule has 1 unspecified atom stereocenters. The summed E-state index contributed by atoms with van der Waals surface area (Å²) in [5, 5.41) is 3.14. The summed E-state index contributed by atoms with van der Waals surface area (Å²) in [5.41, 5.74) is 1.06. The highest BCUT2D eigenvalue weighted by Crippen LogP contribution is 2.24. The minimum absolute atomic E-state index is 0.0672. The quantitative estimate of drug-likeness (QED) is 0.248. The van der Waals surface area contributed by atoms with Crippen LogP contribution in [0.15, 0.2) is 77.2 Å². The molecule has 0 saturated heterocycles. The first-order valence-corrected chi connectivity index (χ1v) is 9.33. The standard InChI is InChI=1S/C20H17N3O3S/c1-27-20-21-11-10-17(22-20)18(23-25)19(24)15-8-5-9-16(12-15)26-13-14-6-3-2-4-7-14/h2-12,18H,13H2,1H3/i18D. The van der Waals surface area contributed by atoms with Gasteiger partial charge in [0.05, 0.1) is 7.06 Å². The van der Waals surface area contributed by atoms with Crippen LogP contribution < -0.4 is 4.74 Å². The van der Waals surface area contributed by atoms with E-state index < -0.39 is 11.8 Å². The first-order valence-electron chi connectivity index (χ1n) is 8.60. The molecular formula is C20H17N3O3S. The maximum Gasteiger partial charge on any atom is 0.197 e. The number of aromatic nitrogens is 2. The Bertz CT molecular complexity index is 987. The van der Waals surface area contributed by atoms with Gasteiger partial charge in [0.2, 0.25) is 0 Å². The molecule has 6 nitrogen and oxygen atoms in total. The van der Waals surface area contributed by atoms with Crippen LogP contribution in [0.2, 0.25) is 0 Å². The zero-order valence-electron chi connectivity index (χ0n) is 15.5. The van der Waals surface area contributed by atoms with Crippen molar-refractivity contribution in [2.24, 2.45) is 5.18 Å². The largest absolute Gasteiger partial charge is 0.489 e. The van der Waals surface area contributed by atoms with Crippen molar-refractivity contribution in [3.63, 3.8) is 0 Å². The van der Waals surface area contributed by atoms with Crippen LogP contribution in [0.3, 0.4) is 0 Å². The number of carbonyl (C=O) groups excluding carboxylic acids is 1. The first-order chi connectivity index (χ1) is 13.6. The van der Waals surface area contributed by atoms with Gasteiger partial charge in [-0.25, -0.2) is 9.97 Å². The highest BCUT2D eigenvalue weighted by Gasteiger charge is 2.25. The lowest BCUT2D eigenvalue weighted by Crippen LogP contribution is -2.13. The van der Waals surface area contributed by atoms with Gasteiger partial charge in [-0.05, 0) is 30.0 Å². The SMILES string of the molecule is [2H]C(N=O)(C(=O)c1cccc(OCc2ccccc2)c1)c1ccnc(SC)n1. The minimum atomic E-state index is -2.40. The molecule has 0 aliphatic carbocycles. The number of hydrogen-bond acceptors (Lipinski definition) is 7. The molecule has 1 aromatic heterocycles. The van der Waals surface area contributed by atoms with Gasteiger partial charge in [0.15, 0.2) is 17.0 Å². The molecule has 0 N–H and O–H groups in total. The van der Waals surface area contributed by atoms with Crippen LogP contribution in [-0.4, -0.2) is 22.0 Å². The Kier molecular flexibility index (Phi) is 5.82. The summed E-state index contributed by atoms with van der Waals surface area (Å²) in [7, 11) is 0. The van der Waals surface area contributed by atoms with Gasteiger partial charge in [0.25, 0.3) is 0 Å². The van der Waals surface area contributed by atoms with E-state index in [0.29, 0.717) is 17.5 Å². The topological polar surface area (TPSA) is 81.5 Å². The van der Waals surface area contributed by atoms with Gasteiger partial charge in [-0.1, -0.05) is 59.4 Å². The Morgan fingerprint density at radius 3 is 2.78 bits per heavy atom. The fraction of sp³-hybridized carbons (Fsp3) is 0.150. The number of nitroso groups, excluding NO2 is 1. The van der Waals surface area contributed by atoms with E-state index in [-0.39, 0.29) is 11.3 Å². The molecular weight excluding hydrogens is 362 g/mol. The number of rotatable bonds is 8. The number of carbonyl (C=O) groups is 1. The average Bonchev–Trinajstić information content (AvgIpc) is 2.77. The molecule has 0 saturated carbocycles. The molecule has 27 heavy (non-hydrogen) atoms. The second-order valence-electron chi connectivity index (χ2n) is 5.50. The zero-order valence-corrected chi connectivity index (χ0v) is 15.3. The molecule has 0 aliphatic heterocycles. The Morgan fingerprint density at radius 2 is 2.04 bits per heavy atom. The lowest BCUT2D eigenvalue weighted by molar-refractivity contribution is 0.0959. The number of thioether (sulfide) groups is 1. The van der Waals surface area contributed by atoms with Crippen molar-refractivity contribution in [2.45, 2.75) is 17.8 Å². The van der Waals surface area contributed by atoms with E-state index in [0.717, 1.165) is 5.56 Å². The van der Waals surface area contributed by atoms with E-state index >= 15 is 0 Å². The number of ketones is 1. The summed E-state index contributed by atoms with van der Waals surface area (Å²) in [6.07, 6.45) is 3.16. The van der Waals surface area contributed by atoms with E-state index in [1.807, 2.05) is 30.3 Å². The third-order valence-electron chi connectivity index (χ3n) is 3.71. The minimum Gasteiger partial charge on any atom is -0.489 e. The van der Waals surface area contributed by atoms with Crippen LogP contribution in [0.25, 0.3) is 0 Å². The van der Waals surface area contributed by atoms with Crippen molar-refractivity contribution in [3.05, 3.63) is 88.6 Å². The van der Waals surface area contributed by atoms with Crippen molar-refractivity contribution in [2.75, 3.05) is 6.26 Å². The zero-order chi connectivity index (χ0) is 20.0. The van der Waals surface area contributed by atoms with E-state index in [1.54, 1.807) is 18.4 Å². The van der Waals surface area contributed by atoms with Crippen molar-refractivity contribution < 1.29 is 10.9 Å². The molecule has 3 rings (SSSR count). The number of Topliss-reactive ketones (excluding diaryl/α,β-unsaturated/α-hetero) is 1. The molecule has 7 heteroatoms. The summed E-state index contributed by atoms with van der Waals surface area (Å²) in [6, 6.07) is 14.9. The van der Waals surface area contributed by atoms with Crippen LogP contribution >= 0.6 is 11.8 Å². The third-order valence-corrected chi connectivity index (χ3v) is 4.27. The van der Waals surface area contributed by atoms with E-state index in [9.17, 15) is 9.70 Å². The van der Waals surface area contributed by atoms with Crippen molar-refractivity contribution in [3.8, 4) is 5.75 Å². The van der Waals surface area contributed by atoms with Crippen molar-refractivity contribution in [1.82, 2.24) is 9.97 Å². The second kappa shape index (κ2) is 9.05. The summed E-state index contributed by atoms with van der Waals surface area (Å²) in [5.74, 6) is -0.325. The summed E-state index contributed by atoms with van der Waals surface area (Å²) < 4.78 is 14.1. The Morgan fingerprint density at radius 1 is 1.22 bits per heavy atom. The molecule has 0 radical (unpaired) electrons. The van der Waals surface area contributed by atoms with Gasteiger partial charge in [-0.3, -0.25) is 4.79 Å². The molecule has 0 bridgehead atoms. The predicted octanol–water partition coefficient (Wildman–Crippen LogP) is 4.47. The maximum absolute atomic E-state index is 12.9. The van der Waals surface area contributed by atoms with Gasteiger partial charge < -0.3 is 4.74 Å². The van der Waals surface area contributed by atoms with Crippen LogP contribution in [0, 0.1) is 4.91 Å². The molecule has 136 valence electrons. The third kappa shape index (κ3) is 4.77. The fourth-order valence-electron chi connectivity index (χ4n) is 2.38. The summed E-state index contributed by atoms with van der Waals surface area (Å²) in [4.78, 5) is 32.5. The van der Waals surface area contributed by atoms with E-state index in [4.69, 9.17) is 6.11 Å². The highest BCUT2D eigenvalue weighted by atomic mass is 32.2. The molecule has 1 atom stereocenters. The molecule has 0 spiro atoms. The van der Waals surface area contributed by atoms with Crippen LogP contribution in [0.4, 0.5) is 0 Å². The number of hydrogen-bond donors (Lipinski definition) is 0. The Hall–Kier alpha value is -3.06. The predicted molar refractivity (Wildman–Crippen MR) is 104 cm³/mol. The monoisotopic (exact) mass is 380 g/mol. The van der Waals surface area contributed by atoms with Gasteiger partial charge in [0, 0.05) is 11.8 Å². The molecule has 0 amide bonds. The Balaban J connectivity index is 1.85. The number of ether oxygens (including phenoxy) is 1. The number of nitrogens with zero attached hydrogens (tertiary/aromatic N) is 3.